The fourth-order valence-corrected chi connectivity index (χ4v) is 3.23. The summed E-state index contributed by atoms with van der Waals surface area (Å²) in [5.74, 6) is 0.0197. The van der Waals surface area contributed by atoms with E-state index in [1.807, 2.05) is 17.5 Å². The van der Waals surface area contributed by atoms with E-state index in [2.05, 4.69) is 29.8 Å². The highest BCUT2D eigenvalue weighted by atomic mass is 32.1. The Morgan fingerprint density at radius 2 is 2.26 bits per heavy atom. The van der Waals surface area contributed by atoms with E-state index in [4.69, 9.17) is 0 Å². The second-order valence-corrected chi connectivity index (χ2v) is 6.11. The third-order valence-corrected chi connectivity index (χ3v) is 4.55. The number of rotatable bonds is 4. The van der Waals surface area contributed by atoms with Crippen LogP contribution in [-0.4, -0.2) is 10.5 Å². The van der Waals surface area contributed by atoms with E-state index in [-0.39, 0.29) is 5.91 Å². The van der Waals surface area contributed by atoms with Crippen molar-refractivity contribution in [1.29, 1.82) is 0 Å². The van der Waals surface area contributed by atoms with Crippen molar-refractivity contribution in [2.45, 2.75) is 39.3 Å². The first-order chi connectivity index (χ1) is 9.16. The van der Waals surface area contributed by atoms with Crippen molar-refractivity contribution in [3.63, 3.8) is 0 Å². The maximum atomic E-state index is 11.9. The Kier molecular flexibility index (Phi) is 3.19. The van der Waals surface area contributed by atoms with Gasteiger partial charge in [0.1, 0.15) is 0 Å². The van der Waals surface area contributed by atoms with E-state index >= 15 is 0 Å². The summed E-state index contributed by atoms with van der Waals surface area (Å²) in [6, 6.07) is 6.65. The molecule has 2 heterocycles. The lowest BCUT2D eigenvalue weighted by Crippen LogP contribution is -2.22. The molecule has 1 aliphatic carbocycles. The lowest BCUT2D eigenvalue weighted by molar-refractivity contribution is 0.0955. The quantitative estimate of drug-likeness (QED) is 0.910. The number of aromatic nitrogens is 1. The van der Waals surface area contributed by atoms with E-state index in [0.29, 0.717) is 12.6 Å². The summed E-state index contributed by atoms with van der Waals surface area (Å²) in [5.41, 5.74) is 3.83. The zero-order valence-corrected chi connectivity index (χ0v) is 12.1. The number of nitrogens with one attached hydrogen (secondary N) is 1. The van der Waals surface area contributed by atoms with Crippen molar-refractivity contribution in [3.8, 4) is 0 Å². The molecule has 19 heavy (non-hydrogen) atoms. The highest BCUT2D eigenvalue weighted by molar-refractivity contribution is 7.12. The number of aryl methyl sites for hydroxylation is 1. The van der Waals surface area contributed by atoms with Crippen LogP contribution in [0, 0.1) is 13.8 Å². The topological polar surface area (TPSA) is 34.0 Å². The average Bonchev–Trinajstić information content (AvgIpc) is 2.98. The van der Waals surface area contributed by atoms with Crippen LogP contribution in [0.15, 0.2) is 23.6 Å². The molecule has 0 unspecified atom stereocenters. The Hall–Kier alpha value is -1.55. The second kappa shape index (κ2) is 4.85. The first-order valence-corrected chi connectivity index (χ1v) is 7.54. The highest BCUT2D eigenvalue weighted by Gasteiger charge is 2.26. The van der Waals surface area contributed by atoms with Crippen LogP contribution in [0.4, 0.5) is 0 Å². The number of carbonyl (C=O) groups excluding carboxylic acids is 1. The van der Waals surface area contributed by atoms with Gasteiger partial charge in [0.2, 0.25) is 0 Å². The Morgan fingerprint density at radius 3 is 2.89 bits per heavy atom. The van der Waals surface area contributed by atoms with Gasteiger partial charge in [-0.2, -0.15) is 0 Å². The molecule has 0 spiro atoms. The first-order valence-electron chi connectivity index (χ1n) is 6.66. The Morgan fingerprint density at radius 1 is 1.47 bits per heavy atom. The van der Waals surface area contributed by atoms with E-state index in [1.54, 1.807) is 0 Å². The van der Waals surface area contributed by atoms with Gasteiger partial charge in [0.25, 0.3) is 5.91 Å². The third kappa shape index (κ3) is 2.45. The SMILES string of the molecule is Cc1cc(CNC(=O)c2cccs2)c(C)n1C1CC1. The van der Waals surface area contributed by atoms with Gasteiger partial charge in [-0.25, -0.2) is 0 Å². The fourth-order valence-electron chi connectivity index (χ4n) is 2.59. The fraction of sp³-hybridized carbons (Fsp3) is 0.400. The van der Waals surface area contributed by atoms with Crippen LogP contribution in [0.5, 0.6) is 0 Å². The number of hydrogen-bond acceptors (Lipinski definition) is 2. The number of hydrogen-bond donors (Lipinski definition) is 1. The number of carbonyl (C=O) groups is 1. The van der Waals surface area contributed by atoms with Gasteiger partial charge in [0.05, 0.1) is 4.88 Å². The Balaban J connectivity index is 1.70. The normalized spacial score (nSPS) is 14.6. The largest absolute Gasteiger partial charge is 0.347 e. The summed E-state index contributed by atoms with van der Waals surface area (Å²) in [5, 5.41) is 4.92. The van der Waals surface area contributed by atoms with Gasteiger partial charge in [-0.1, -0.05) is 6.07 Å². The van der Waals surface area contributed by atoms with Crippen molar-refractivity contribution in [1.82, 2.24) is 9.88 Å². The van der Waals surface area contributed by atoms with Gasteiger partial charge >= 0.3 is 0 Å². The average molecular weight is 274 g/mol. The van der Waals surface area contributed by atoms with E-state index in [0.717, 1.165) is 4.88 Å². The molecular formula is C15H18N2OS. The van der Waals surface area contributed by atoms with Gasteiger partial charge in [-0.15, -0.1) is 11.3 Å². The van der Waals surface area contributed by atoms with E-state index in [9.17, 15) is 4.79 Å². The minimum atomic E-state index is 0.0197. The van der Waals surface area contributed by atoms with Crippen LogP contribution in [0.1, 0.15) is 45.5 Å². The Labute approximate surface area is 117 Å². The van der Waals surface area contributed by atoms with Crippen LogP contribution >= 0.6 is 11.3 Å². The van der Waals surface area contributed by atoms with Crippen LogP contribution in [0.2, 0.25) is 0 Å². The smallest absolute Gasteiger partial charge is 0.261 e. The molecule has 1 amide bonds. The summed E-state index contributed by atoms with van der Waals surface area (Å²) in [7, 11) is 0. The molecule has 100 valence electrons. The molecule has 2 aromatic rings. The molecule has 0 aliphatic heterocycles. The minimum absolute atomic E-state index is 0.0197. The van der Waals surface area contributed by atoms with Gasteiger partial charge in [-0.05, 0) is 49.8 Å². The lowest BCUT2D eigenvalue weighted by atomic mass is 10.2. The summed E-state index contributed by atoms with van der Waals surface area (Å²) in [6.07, 6.45) is 2.58. The molecule has 0 bridgehead atoms. The maximum absolute atomic E-state index is 11.9. The minimum Gasteiger partial charge on any atom is -0.347 e. The molecule has 3 rings (SSSR count). The maximum Gasteiger partial charge on any atom is 0.261 e. The third-order valence-electron chi connectivity index (χ3n) is 3.69. The van der Waals surface area contributed by atoms with Crippen molar-refractivity contribution in [3.05, 3.63) is 45.4 Å². The molecule has 4 heteroatoms. The van der Waals surface area contributed by atoms with Crippen LogP contribution in [-0.2, 0) is 6.54 Å². The molecule has 0 atom stereocenters. The summed E-state index contributed by atoms with van der Waals surface area (Å²) in [6.45, 7) is 4.91. The zero-order valence-electron chi connectivity index (χ0n) is 11.3. The molecule has 0 aromatic carbocycles. The molecular weight excluding hydrogens is 256 g/mol. The first kappa shape index (κ1) is 12.5. The van der Waals surface area contributed by atoms with Crippen LogP contribution < -0.4 is 5.32 Å². The summed E-state index contributed by atoms with van der Waals surface area (Å²) >= 11 is 1.48. The summed E-state index contributed by atoms with van der Waals surface area (Å²) < 4.78 is 2.41. The predicted molar refractivity (Wildman–Crippen MR) is 77.7 cm³/mol. The second-order valence-electron chi connectivity index (χ2n) is 5.16. The monoisotopic (exact) mass is 274 g/mol. The van der Waals surface area contributed by atoms with Gasteiger partial charge in [0.15, 0.2) is 0 Å². The van der Waals surface area contributed by atoms with Crippen molar-refractivity contribution >= 4 is 17.2 Å². The van der Waals surface area contributed by atoms with Crippen LogP contribution in [0.25, 0.3) is 0 Å². The molecule has 0 radical (unpaired) electrons. The van der Waals surface area contributed by atoms with E-state index in [1.165, 1.54) is 41.1 Å². The Bertz CT molecular complexity index is 594. The molecule has 2 aromatic heterocycles. The standard InChI is InChI=1S/C15H18N2OS/c1-10-8-12(11(2)17(10)13-5-6-13)9-16-15(18)14-4-3-7-19-14/h3-4,7-8,13H,5-6,9H2,1-2H3,(H,16,18). The molecule has 1 N–H and O–H groups in total. The summed E-state index contributed by atoms with van der Waals surface area (Å²) in [4.78, 5) is 12.7. The van der Waals surface area contributed by atoms with Gasteiger partial charge in [0, 0.05) is 24.0 Å². The zero-order chi connectivity index (χ0) is 13.4. The molecule has 1 aliphatic rings. The molecule has 1 saturated carbocycles. The van der Waals surface area contributed by atoms with Crippen molar-refractivity contribution in [2.24, 2.45) is 0 Å². The van der Waals surface area contributed by atoms with Gasteiger partial charge < -0.3 is 9.88 Å². The van der Waals surface area contributed by atoms with Crippen molar-refractivity contribution < 1.29 is 4.79 Å². The number of amides is 1. The number of nitrogens with zero attached hydrogens (tertiary/aromatic N) is 1. The molecule has 3 nitrogen and oxygen atoms in total. The molecule has 0 saturated heterocycles. The van der Waals surface area contributed by atoms with Crippen LogP contribution in [0.3, 0.4) is 0 Å². The molecule has 1 fully saturated rings. The van der Waals surface area contributed by atoms with Crippen molar-refractivity contribution in [2.75, 3.05) is 0 Å². The van der Waals surface area contributed by atoms with Gasteiger partial charge in [-0.3, -0.25) is 4.79 Å². The predicted octanol–water partition coefficient (Wildman–Crippen LogP) is 3.43. The highest BCUT2D eigenvalue weighted by Crippen LogP contribution is 2.38. The number of thiophene rings is 1. The lowest BCUT2D eigenvalue weighted by Gasteiger charge is -2.08. The van der Waals surface area contributed by atoms with E-state index < -0.39 is 0 Å².